The van der Waals surface area contributed by atoms with E-state index < -0.39 is 17.7 Å². The Morgan fingerprint density at radius 2 is 2.14 bits per heavy atom. The van der Waals surface area contributed by atoms with Crippen LogP contribution in [-0.4, -0.2) is 25.5 Å². The van der Waals surface area contributed by atoms with Crippen molar-refractivity contribution < 1.29 is 27.5 Å². The van der Waals surface area contributed by atoms with Crippen LogP contribution in [0.2, 0.25) is 0 Å². The molecule has 2 rings (SSSR count). The minimum atomic E-state index is -4.45. The predicted octanol–water partition coefficient (Wildman–Crippen LogP) is 2.62. The summed E-state index contributed by atoms with van der Waals surface area (Å²) in [6, 6.07) is 4.61. The first-order valence-corrected chi connectivity index (χ1v) is 6.35. The molecule has 1 amide bonds. The highest BCUT2D eigenvalue weighted by atomic mass is 19.4. The summed E-state index contributed by atoms with van der Waals surface area (Å²) in [5, 5.41) is 0. The van der Waals surface area contributed by atoms with Gasteiger partial charge >= 0.3 is 12.1 Å². The van der Waals surface area contributed by atoms with Crippen LogP contribution in [0.15, 0.2) is 24.3 Å². The summed E-state index contributed by atoms with van der Waals surface area (Å²) in [5.41, 5.74) is -0.605. The second-order valence-electron chi connectivity index (χ2n) is 4.90. The molecule has 0 radical (unpaired) electrons. The Morgan fingerprint density at radius 1 is 1.43 bits per heavy atom. The van der Waals surface area contributed by atoms with Crippen LogP contribution >= 0.6 is 0 Å². The maximum atomic E-state index is 12.7. The van der Waals surface area contributed by atoms with Crippen molar-refractivity contribution in [3.63, 3.8) is 0 Å². The summed E-state index contributed by atoms with van der Waals surface area (Å²) in [5.74, 6) is -0.957. The number of methoxy groups -OCH3 is 1. The SMILES string of the molecule is COC(=O)CC1CC(=O)N(c2cccc(C(F)(F)F)c2)C1. The Bertz CT molecular complexity index is 557. The number of esters is 1. The third-order valence-electron chi connectivity index (χ3n) is 3.37. The van der Waals surface area contributed by atoms with Gasteiger partial charge in [-0.25, -0.2) is 0 Å². The van der Waals surface area contributed by atoms with Gasteiger partial charge in [-0.1, -0.05) is 6.07 Å². The van der Waals surface area contributed by atoms with Gasteiger partial charge in [0, 0.05) is 18.7 Å². The van der Waals surface area contributed by atoms with Crippen LogP contribution in [0.4, 0.5) is 18.9 Å². The van der Waals surface area contributed by atoms with Gasteiger partial charge in [0.2, 0.25) is 5.91 Å². The molecule has 0 N–H and O–H groups in total. The number of halogens is 3. The van der Waals surface area contributed by atoms with Gasteiger partial charge in [0.05, 0.1) is 19.1 Å². The molecule has 0 aromatic heterocycles. The number of anilines is 1. The quantitative estimate of drug-likeness (QED) is 0.806. The zero-order chi connectivity index (χ0) is 15.6. The number of carbonyl (C=O) groups is 2. The number of hydrogen-bond acceptors (Lipinski definition) is 3. The van der Waals surface area contributed by atoms with Gasteiger partial charge in [-0.2, -0.15) is 13.2 Å². The number of ether oxygens (including phenoxy) is 1. The van der Waals surface area contributed by atoms with Crippen LogP contribution in [0.5, 0.6) is 0 Å². The molecule has 1 aliphatic rings. The molecule has 1 aromatic rings. The van der Waals surface area contributed by atoms with Crippen molar-refractivity contribution in [3.8, 4) is 0 Å². The topological polar surface area (TPSA) is 46.6 Å². The van der Waals surface area contributed by atoms with Gasteiger partial charge < -0.3 is 9.64 Å². The van der Waals surface area contributed by atoms with Crippen molar-refractivity contribution in [1.29, 1.82) is 0 Å². The molecule has 1 aliphatic heterocycles. The highest BCUT2D eigenvalue weighted by molar-refractivity contribution is 5.96. The fourth-order valence-corrected chi connectivity index (χ4v) is 2.34. The molecule has 7 heteroatoms. The van der Waals surface area contributed by atoms with E-state index in [2.05, 4.69) is 4.74 Å². The Labute approximate surface area is 119 Å². The maximum Gasteiger partial charge on any atom is 0.416 e. The molecule has 1 unspecified atom stereocenters. The number of benzene rings is 1. The molecular weight excluding hydrogens is 287 g/mol. The minimum Gasteiger partial charge on any atom is -0.469 e. The Kier molecular flexibility index (Phi) is 4.20. The number of amides is 1. The lowest BCUT2D eigenvalue weighted by atomic mass is 10.1. The fourth-order valence-electron chi connectivity index (χ4n) is 2.34. The van der Waals surface area contributed by atoms with Crippen LogP contribution in [0.1, 0.15) is 18.4 Å². The molecule has 0 spiro atoms. The minimum absolute atomic E-state index is 0.0811. The van der Waals surface area contributed by atoms with E-state index in [4.69, 9.17) is 0 Å². The highest BCUT2D eigenvalue weighted by Crippen LogP contribution is 2.33. The van der Waals surface area contributed by atoms with E-state index >= 15 is 0 Å². The van der Waals surface area contributed by atoms with Crippen molar-refractivity contribution in [2.75, 3.05) is 18.6 Å². The lowest BCUT2D eigenvalue weighted by Gasteiger charge is -2.18. The molecule has 4 nitrogen and oxygen atoms in total. The van der Waals surface area contributed by atoms with E-state index in [0.29, 0.717) is 0 Å². The summed E-state index contributed by atoms with van der Waals surface area (Å²) in [6.45, 7) is 0.218. The van der Waals surface area contributed by atoms with Gasteiger partial charge in [-0.15, -0.1) is 0 Å². The smallest absolute Gasteiger partial charge is 0.416 e. The highest BCUT2D eigenvalue weighted by Gasteiger charge is 2.34. The lowest BCUT2D eigenvalue weighted by molar-refractivity contribution is -0.141. The first-order chi connectivity index (χ1) is 9.81. The van der Waals surface area contributed by atoms with E-state index in [0.717, 1.165) is 12.1 Å². The molecule has 0 aliphatic carbocycles. The van der Waals surface area contributed by atoms with E-state index in [1.54, 1.807) is 0 Å². The summed E-state index contributed by atoms with van der Waals surface area (Å²) in [7, 11) is 1.25. The maximum absolute atomic E-state index is 12.7. The molecular formula is C14H14F3NO3. The van der Waals surface area contributed by atoms with Crippen molar-refractivity contribution in [3.05, 3.63) is 29.8 Å². The van der Waals surface area contributed by atoms with Crippen LogP contribution in [0.3, 0.4) is 0 Å². The summed E-state index contributed by atoms with van der Waals surface area (Å²) < 4.78 is 42.6. The largest absolute Gasteiger partial charge is 0.469 e. The average Bonchev–Trinajstić information content (AvgIpc) is 2.78. The molecule has 1 aromatic carbocycles. The van der Waals surface area contributed by atoms with E-state index in [1.165, 1.54) is 24.1 Å². The number of carbonyl (C=O) groups excluding carboxylic acids is 2. The summed E-state index contributed by atoms with van der Waals surface area (Å²) in [6.07, 6.45) is -4.24. The van der Waals surface area contributed by atoms with Gasteiger partial charge in [-0.3, -0.25) is 9.59 Å². The zero-order valence-electron chi connectivity index (χ0n) is 11.3. The van der Waals surface area contributed by atoms with Crippen molar-refractivity contribution in [2.45, 2.75) is 19.0 Å². The van der Waals surface area contributed by atoms with Crippen molar-refractivity contribution >= 4 is 17.6 Å². The number of nitrogens with zero attached hydrogens (tertiary/aromatic N) is 1. The second kappa shape index (κ2) is 5.75. The van der Waals surface area contributed by atoms with Crippen LogP contribution in [-0.2, 0) is 20.5 Å². The van der Waals surface area contributed by atoms with Crippen molar-refractivity contribution in [2.24, 2.45) is 5.92 Å². The van der Waals surface area contributed by atoms with E-state index in [9.17, 15) is 22.8 Å². The first kappa shape index (κ1) is 15.3. The summed E-state index contributed by atoms with van der Waals surface area (Å²) >= 11 is 0. The number of rotatable bonds is 3. The third-order valence-corrected chi connectivity index (χ3v) is 3.37. The van der Waals surface area contributed by atoms with E-state index in [1.807, 2.05) is 0 Å². The van der Waals surface area contributed by atoms with Crippen LogP contribution < -0.4 is 4.90 Å². The molecule has 1 fully saturated rings. The molecule has 21 heavy (non-hydrogen) atoms. The second-order valence-corrected chi connectivity index (χ2v) is 4.90. The van der Waals surface area contributed by atoms with Crippen molar-refractivity contribution in [1.82, 2.24) is 0 Å². The van der Waals surface area contributed by atoms with Gasteiger partial charge in [0.15, 0.2) is 0 Å². The Morgan fingerprint density at radius 3 is 2.76 bits per heavy atom. The van der Waals surface area contributed by atoms with Gasteiger partial charge in [-0.05, 0) is 24.1 Å². The monoisotopic (exact) mass is 301 g/mol. The molecule has 1 atom stereocenters. The average molecular weight is 301 g/mol. The van der Waals surface area contributed by atoms with Gasteiger partial charge in [0.25, 0.3) is 0 Å². The normalized spacial score (nSPS) is 19.0. The lowest BCUT2D eigenvalue weighted by Crippen LogP contribution is -2.25. The molecule has 114 valence electrons. The number of hydrogen-bond donors (Lipinski definition) is 0. The molecule has 0 saturated carbocycles. The number of alkyl halides is 3. The van der Waals surface area contributed by atoms with E-state index in [-0.39, 0.29) is 36.9 Å². The van der Waals surface area contributed by atoms with Gasteiger partial charge in [0.1, 0.15) is 0 Å². The first-order valence-electron chi connectivity index (χ1n) is 6.35. The standard InChI is InChI=1S/C14H14F3NO3/c1-21-13(20)6-9-5-12(19)18(8-9)11-4-2-3-10(7-11)14(15,16)17/h2-4,7,9H,5-6,8H2,1H3. The third kappa shape index (κ3) is 3.53. The van der Waals surface area contributed by atoms with Crippen LogP contribution in [0.25, 0.3) is 0 Å². The Hall–Kier alpha value is -2.05. The Balaban J connectivity index is 2.15. The zero-order valence-corrected chi connectivity index (χ0v) is 11.3. The fraction of sp³-hybridized carbons (Fsp3) is 0.429. The molecule has 1 saturated heterocycles. The summed E-state index contributed by atoms with van der Waals surface area (Å²) in [4.78, 5) is 24.4. The molecule has 1 heterocycles. The predicted molar refractivity (Wildman–Crippen MR) is 68.5 cm³/mol. The van der Waals surface area contributed by atoms with Crippen LogP contribution in [0, 0.1) is 5.92 Å². The molecule has 0 bridgehead atoms.